The van der Waals surface area contributed by atoms with Crippen LogP contribution in [0.2, 0.25) is 0 Å². The van der Waals surface area contributed by atoms with Crippen molar-refractivity contribution in [1.82, 2.24) is 19.5 Å². The molecule has 0 atom stereocenters. The SMILES string of the molecule is COc1cccc(S(=O)(=O)Nc2ccc(Nc3cc(-n4ccnc4)ncn3)cc2)c1. The largest absolute Gasteiger partial charge is 0.497 e. The van der Waals surface area contributed by atoms with Crippen LogP contribution >= 0.6 is 0 Å². The van der Waals surface area contributed by atoms with E-state index in [1.165, 1.54) is 25.6 Å². The van der Waals surface area contributed by atoms with E-state index >= 15 is 0 Å². The number of sulfonamides is 1. The minimum absolute atomic E-state index is 0.122. The van der Waals surface area contributed by atoms with Crippen LogP contribution in [0.1, 0.15) is 0 Å². The first-order valence-electron chi connectivity index (χ1n) is 8.88. The van der Waals surface area contributed by atoms with E-state index in [-0.39, 0.29) is 4.90 Å². The third-order valence-electron chi connectivity index (χ3n) is 4.18. The van der Waals surface area contributed by atoms with Gasteiger partial charge in [0, 0.05) is 35.9 Å². The quantitative estimate of drug-likeness (QED) is 0.470. The Balaban J connectivity index is 1.47. The highest BCUT2D eigenvalue weighted by Gasteiger charge is 2.15. The summed E-state index contributed by atoms with van der Waals surface area (Å²) in [6.07, 6.45) is 6.56. The third kappa shape index (κ3) is 4.39. The number of anilines is 3. The van der Waals surface area contributed by atoms with Crippen LogP contribution in [0.3, 0.4) is 0 Å². The summed E-state index contributed by atoms with van der Waals surface area (Å²) in [6, 6.07) is 14.9. The molecule has 152 valence electrons. The average molecular weight is 422 g/mol. The topological polar surface area (TPSA) is 111 Å². The van der Waals surface area contributed by atoms with Gasteiger partial charge in [-0.15, -0.1) is 0 Å². The molecule has 0 spiro atoms. The fourth-order valence-electron chi connectivity index (χ4n) is 2.70. The maximum Gasteiger partial charge on any atom is 0.262 e. The van der Waals surface area contributed by atoms with Gasteiger partial charge in [0.2, 0.25) is 0 Å². The van der Waals surface area contributed by atoms with Gasteiger partial charge in [-0.2, -0.15) is 0 Å². The summed E-state index contributed by atoms with van der Waals surface area (Å²) in [7, 11) is -2.24. The summed E-state index contributed by atoms with van der Waals surface area (Å²) in [5, 5.41) is 3.16. The lowest BCUT2D eigenvalue weighted by atomic mass is 10.3. The molecule has 2 aromatic heterocycles. The van der Waals surface area contributed by atoms with Crippen molar-refractivity contribution >= 4 is 27.2 Å². The normalized spacial score (nSPS) is 11.1. The molecule has 2 heterocycles. The van der Waals surface area contributed by atoms with Gasteiger partial charge in [-0.25, -0.2) is 23.4 Å². The number of hydrogen-bond acceptors (Lipinski definition) is 7. The van der Waals surface area contributed by atoms with Crippen molar-refractivity contribution in [2.45, 2.75) is 4.90 Å². The molecule has 0 fully saturated rings. The Hall–Kier alpha value is -3.92. The Bertz CT molecular complexity index is 1240. The number of ether oxygens (including phenoxy) is 1. The lowest BCUT2D eigenvalue weighted by molar-refractivity contribution is 0.413. The van der Waals surface area contributed by atoms with Crippen molar-refractivity contribution in [3.63, 3.8) is 0 Å². The van der Waals surface area contributed by atoms with Crippen molar-refractivity contribution in [2.75, 3.05) is 17.1 Å². The zero-order valence-corrected chi connectivity index (χ0v) is 16.7. The number of benzene rings is 2. The fourth-order valence-corrected chi connectivity index (χ4v) is 3.80. The molecule has 4 aromatic rings. The van der Waals surface area contributed by atoms with Gasteiger partial charge in [0.25, 0.3) is 10.0 Å². The zero-order valence-electron chi connectivity index (χ0n) is 15.9. The van der Waals surface area contributed by atoms with Crippen molar-refractivity contribution in [3.8, 4) is 11.6 Å². The highest BCUT2D eigenvalue weighted by molar-refractivity contribution is 7.92. The number of nitrogens with one attached hydrogen (secondary N) is 2. The second kappa shape index (κ2) is 8.21. The molecule has 0 amide bonds. The third-order valence-corrected chi connectivity index (χ3v) is 5.56. The summed E-state index contributed by atoms with van der Waals surface area (Å²) < 4.78 is 34.6. The van der Waals surface area contributed by atoms with E-state index in [4.69, 9.17) is 4.74 Å². The first-order valence-corrected chi connectivity index (χ1v) is 10.4. The van der Waals surface area contributed by atoms with E-state index in [2.05, 4.69) is 25.0 Å². The molecule has 30 heavy (non-hydrogen) atoms. The first kappa shape index (κ1) is 19.4. The van der Waals surface area contributed by atoms with Crippen LogP contribution in [0.25, 0.3) is 5.82 Å². The summed E-state index contributed by atoms with van der Waals surface area (Å²) in [5.41, 5.74) is 1.18. The molecule has 0 aliphatic heterocycles. The number of aromatic nitrogens is 4. The van der Waals surface area contributed by atoms with Gasteiger partial charge in [0.15, 0.2) is 0 Å². The van der Waals surface area contributed by atoms with Gasteiger partial charge in [-0.1, -0.05) is 6.07 Å². The maximum atomic E-state index is 12.6. The predicted octanol–water partition coefficient (Wildman–Crippen LogP) is 3.22. The standard InChI is InChI=1S/C20H18N6O3S/c1-29-17-3-2-4-18(11-17)30(27,28)25-16-7-5-15(6-8-16)24-19-12-20(23-13-22-19)26-10-9-21-14-26/h2-14,25H,1H3,(H,22,23,24). The summed E-state index contributed by atoms with van der Waals surface area (Å²) in [6.45, 7) is 0. The molecule has 0 aliphatic carbocycles. The van der Waals surface area contributed by atoms with Crippen LogP contribution in [0.4, 0.5) is 17.2 Å². The van der Waals surface area contributed by atoms with Crippen molar-refractivity contribution in [3.05, 3.63) is 79.6 Å². The van der Waals surface area contributed by atoms with Crippen LogP contribution in [0.5, 0.6) is 5.75 Å². The van der Waals surface area contributed by atoms with E-state index in [0.717, 1.165) is 5.69 Å². The van der Waals surface area contributed by atoms with Gasteiger partial charge in [-0.3, -0.25) is 9.29 Å². The van der Waals surface area contributed by atoms with Gasteiger partial charge in [0.05, 0.1) is 12.0 Å². The Morgan fingerprint density at radius 1 is 1.00 bits per heavy atom. The molecule has 0 unspecified atom stereocenters. The van der Waals surface area contributed by atoms with Crippen LogP contribution in [0, 0.1) is 0 Å². The smallest absolute Gasteiger partial charge is 0.262 e. The number of rotatable bonds is 7. The molecule has 0 aliphatic rings. The Kier molecular flexibility index (Phi) is 5.31. The number of hydrogen-bond donors (Lipinski definition) is 2. The van der Waals surface area contributed by atoms with Gasteiger partial charge < -0.3 is 10.1 Å². The zero-order chi connectivity index (χ0) is 21.0. The lowest BCUT2D eigenvalue weighted by Crippen LogP contribution is -2.13. The molecule has 0 saturated carbocycles. The molecular formula is C20H18N6O3S. The van der Waals surface area contributed by atoms with Gasteiger partial charge in [-0.05, 0) is 36.4 Å². The van der Waals surface area contributed by atoms with E-state index in [1.807, 2.05) is 0 Å². The molecule has 0 bridgehead atoms. The summed E-state index contributed by atoms with van der Waals surface area (Å²) >= 11 is 0. The molecule has 10 heteroatoms. The highest BCUT2D eigenvalue weighted by Crippen LogP contribution is 2.22. The molecule has 0 radical (unpaired) electrons. The first-order chi connectivity index (χ1) is 14.5. The number of imidazole rings is 1. The molecule has 9 nitrogen and oxygen atoms in total. The van der Waals surface area contributed by atoms with Crippen LogP contribution in [-0.4, -0.2) is 35.0 Å². The minimum atomic E-state index is -3.73. The Labute approximate surface area is 173 Å². The summed E-state index contributed by atoms with van der Waals surface area (Å²) in [4.78, 5) is 12.5. The van der Waals surface area contributed by atoms with Crippen molar-refractivity contribution in [2.24, 2.45) is 0 Å². The van der Waals surface area contributed by atoms with Crippen LogP contribution in [-0.2, 0) is 10.0 Å². The minimum Gasteiger partial charge on any atom is -0.497 e. The monoisotopic (exact) mass is 422 g/mol. The van der Waals surface area contributed by atoms with E-state index in [0.29, 0.717) is 23.1 Å². The molecule has 0 saturated heterocycles. The summed E-state index contributed by atoms with van der Waals surface area (Å²) in [5.74, 6) is 1.74. The Morgan fingerprint density at radius 2 is 1.80 bits per heavy atom. The lowest BCUT2D eigenvalue weighted by Gasteiger charge is -2.11. The van der Waals surface area contributed by atoms with Gasteiger partial charge in [0.1, 0.15) is 30.0 Å². The second-order valence-corrected chi connectivity index (χ2v) is 7.90. The average Bonchev–Trinajstić information content (AvgIpc) is 3.30. The number of methoxy groups -OCH3 is 1. The number of nitrogens with zero attached hydrogens (tertiary/aromatic N) is 4. The van der Waals surface area contributed by atoms with Crippen molar-refractivity contribution in [1.29, 1.82) is 0 Å². The van der Waals surface area contributed by atoms with E-state index in [1.54, 1.807) is 65.8 Å². The molecule has 2 N–H and O–H groups in total. The molecule has 4 rings (SSSR count). The second-order valence-electron chi connectivity index (χ2n) is 6.22. The fraction of sp³-hybridized carbons (Fsp3) is 0.0500. The van der Waals surface area contributed by atoms with Crippen molar-refractivity contribution < 1.29 is 13.2 Å². The predicted molar refractivity (Wildman–Crippen MR) is 113 cm³/mol. The maximum absolute atomic E-state index is 12.6. The van der Waals surface area contributed by atoms with E-state index in [9.17, 15) is 8.42 Å². The van der Waals surface area contributed by atoms with Gasteiger partial charge >= 0.3 is 0 Å². The van der Waals surface area contributed by atoms with E-state index < -0.39 is 10.0 Å². The van der Waals surface area contributed by atoms with Crippen LogP contribution in [0.15, 0.2) is 84.5 Å². The molecular weight excluding hydrogens is 404 g/mol. The highest BCUT2D eigenvalue weighted by atomic mass is 32.2. The van der Waals surface area contributed by atoms with Crippen LogP contribution < -0.4 is 14.8 Å². The Morgan fingerprint density at radius 3 is 2.53 bits per heavy atom. The molecule has 2 aromatic carbocycles.